The van der Waals surface area contributed by atoms with Gasteiger partial charge < -0.3 is 20.0 Å². The van der Waals surface area contributed by atoms with E-state index in [0.717, 1.165) is 65.0 Å². The average Bonchev–Trinajstić information content (AvgIpc) is 3.32. The molecule has 1 N–H and O–H groups in total. The molecule has 2 aliphatic heterocycles. The van der Waals surface area contributed by atoms with Crippen LogP contribution in [0.1, 0.15) is 32.1 Å². The Balaban J connectivity index is 1.37. The first-order valence-electron chi connectivity index (χ1n) is 8.63. The zero-order valence-electron chi connectivity index (χ0n) is 13.6. The number of piperidine rings is 1. The number of urea groups is 1. The average molecular weight is 308 g/mol. The number of amides is 3. The number of hydrogen-bond donors (Lipinski definition) is 1. The minimum atomic E-state index is 0.0892. The molecule has 1 aliphatic carbocycles. The lowest BCUT2D eigenvalue weighted by Gasteiger charge is -2.35. The third kappa shape index (κ3) is 4.12. The molecule has 0 aromatic rings. The number of rotatable bonds is 3. The summed E-state index contributed by atoms with van der Waals surface area (Å²) in [6.07, 6.45) is 4.82. The van der Waals surface area contributed by atoms with Gasteiger partial charge in [0, 0.05) is 51.7 Å². The minimum absolute atomic E-state index is 0.0892. The molecule has 6 heteroatoms. The Kier molecular flexibility index (Phi) is 4.86. The second-order valence-corrected chi connectivity index (χ2v) is 7.04. The first-order valence-corrected chi connectivity index (χ1v) is 8.63. The molecule has 3 amide bonds. The molecule has 0 radical (unpaired) electrons. The van der Waals surface area contributed by atoms with Gasteiger partial charge in [-0.2, -0.15) is 0 Å². The van der Waals surface area contributed by atoms with Gasteiger partial charge in [0.15, 0.2) is 0 Å². The third-order valence-corrected chi connectivity index (χ3v) is 5.13. The summed E-state index contributed by atoms with van der Waals surface area (Å²) in [6.45, 7) is 5.26. The lowest BCUT2D eigenvalue weighted by Crippen LogP contribution is -2.48. The number of nitrogens with one attached hydrogen (secondary N) is 1. The van der Waals surface area contributed by atoms with Crippen molar-refractivity contribution in [3.05, 3.63) is 0 Å². The standard InChI is InChI=1S/C16H28N4O2/c1-18-8-10-19(11-9-18)15(21)12-13-4-6-20(7-5-13)16(22)17-14-2-3-14/h13-14H,2-12H2,1H3,(H,17,22). The van der Waals surface area contributed by atoms with Gasteiger partial charge in [-0.15, -0.1) is 0 Å². The summed E-state index contributed by atoms with van der Waals surface area (Å²) in [5, 5.41) is 3.04. The SMILES string of the molecule is CN1CCN(C(=O)CC2CCN(C(=O)NC3CC3)CC2)CC1. The van der Waals surface area contributed by atoms with Gasteiger partial charge >= 0.3 is 6.03 Å². The summed E-state index contributed by atoms with van der Waals surface area (Å²) in [5.41, 5.74) is 0. The summed E-state index contributed by atoms with van der Waals surface area (Å²) in [6, 6.07) is 0.510. The molecule has 0 aromatic carbocycles. The predicted molar refractivity (Wildman–Crippen MR) is 84.5 cm³/mol. The van der Waals surface area contributed by atoms with Crippen LogP contribution in [-0.4, -0.2) is 79.0 Å². The molecular weight excluding hydrogens is 280 g/mol. The lowest BCUT2D eigenvalue weighted by molar-refractivity contribution is -0.134. The first-order chi connectivity index (χ1) is 10.6. The highest BCUT2D eigenvalue weighted by molar-refractivity contribution is 5.77. The van der Waals surface area contributed by atoms with Crippen LogP contribution >= 0.6 is 0 Å². The molecule has 6 nitrogen and oxygen atoms in total. The highest BCUT2D eigenvalue weighted by Crippen LogP contribution is 2.23. The van der Waals surface area contributed by atoms with Gasteiger partial charge in [-0.1, -0.05) is 0 Å². The fourth-order valence-electron chi connectivity index (χ4n) is 3.27. The molecule has 22 heavy (non-hydrogen) atoms. The molecule has 0 spiro atoms. The monoisotopic (exact) mass is 308 g/mol. The molecule has 0 atom stereocenters. The van der Waals surface area contributed by atoms with Gasteiger partial charge in [0.05, 0.1) is 0 Å². The van der Waals surface area contributed by atoms with Crippen LogP contribution in [0.5, 0.6) is 0 Å². The molecule has 124 valence electrons. The van der Waals surface area contributed by atoms with E-state index in [1.54, 1.807) is 0 Å². The van der Waals surface area contributed by atoms with Gasteiger partial charge in [-0.3, -0.25) is 4.79 Å². The fourth-order valence-corrected chi connectivity index (χ4v) is 3.27. The molecule has 0 aromatic heterocycles. The van der Waals surface area contributed by atoms with Crippen molar-refractivity contribution in [2.75, 3.05) is 46.3 Å². The Morgan fingerprint density at radius 1 is 0.909 bits per heavy atom. The summed E-state index contributed by atoms with van der Waals surface area (Å²) in [5.74, 6) is 0.742. The molecule has 2 saturated heterocycles. The van der Waals surface area contributed by atoms with Crippen LogP contribution in [0.2, 0.25) is 0 Å². The summed E-state index contributed by atoms with van der Waals surface area (Å²) in [4.78, 5) is 30.5. The van der Waals surface area contributed by atoms with Crippen LogP contribution < -0.4 is 5.32 Å². The van der Waals surface area contributed by atoms with Crippen LogP contribution in [-0.2, 0) is 4.79 Å². The molecule has 3 aliphatic rings. The molecule has 0 unspecified atom stereocenters. The van der Waals surface area contributed by atoms with Gasteiger partial charge in [0.25, 0.3) is 0 Å². The fraction of sp³-hybridized carbons (Fsp3) is 0.875. The van der Waals surface area contributed by atoms with Crippen LogP contribution in [0.25, 0.3) is 0 Å². The summed E-state index contributed by atoms with van der Waals surface area (Å²) in [7, 11) is 2.10. The third-order valence-electron chi connectivity index (χ3n) is 5.13. The lowest BCUT2D eigenvalue weighted by atomic mass is 9.93. The Morgan fingerprint density at radius 2 is 1.55 bits per heavy atom. The van der Waals surface area contributed by atoms with Crippen molar-refractivity contribution in [2.24, 2.45) is 5.92 Å². The van der Waals surface area contributed by atoms with Gasteiger partial charge in [0.1, 0.15) is 0 Å². The highest BCUT2D eigenvalue weighted by atomic mass is 16.2. The largest absolute Gasteiger partial charge is 0.340 e. The van der Waals surface area contributed by atoms with Crippen LogP contribution in [0.4, 0.5) is 4.79 Å². The van der Waals surface area contributed by atoms with Crippen LogP contribution in [0, 0.1) is 5.92 Å². The van der Waals surface area contributed by atoms with Crippen molar-refractivity contribution in [3.8, 4) is 0 Å². The number of nitrogens with zero attached hydrogens (tertiary/aromatic N) is 3. The highest BCUT2D eigenvalue weighted by Gasteiger charge is 2.29. The quantitative estimate of drug-likeness (QED) is 0.836. The minimum Gasteiger partial charge on any atom is -0.340 e. The molecule has 2 heterocycles. The van der Waals surface area contributed by atoms with Crippen LogP contribution in [0.15, 0.2) is 0 Å². The smallest absolute Gasteiger partial charge is 0.317 e. The van der Waals surface area contributed by atoms with E-state index < -0.39 is 0 Å². The predicted octanol–water partition coefficient (Wildman–Crippen LogP) is 0.735. The number of likely N-dealkylation sites (tertiary alicyclic amines) is 1. The Hall–Kier alpha value is -1.30. The Bertz CT molecular complexity index is 408. The van der Waals surface area contributed by atoms with Crippen molar-refractivity contribution in [3.63, 3.8) is 0 Å². The second kappa shape index (κ2) is 6.86. The van der Waals surface area contributed by atoms with E-state index in [2.05, 4.69) is 17.3 Å². The van der Waals surface area contributed by atoms with Gasteiger partial charge in [0.2, 0.25) is 5.91 Å². The van der Waals surface area contributed by atoms with E-state index in [9.17, 15) is 9.59 Å². The second-order valence-electron chi connectivity index (χ2n) is 7.04. The normalized spacial score (nSPS) is 24.4. The Labute approximate surface area is 132 Å². The number of hydrogen-bond acceptors (Lipinski definition) is 3. The van der Waals surface area contributed by atoms with Crippen molar-refractivity contribution in [1.29, 1.82) is 0 Å². The first kappa shape index (κ1) is 15.6. The van der Waals surface area contributed by atoms with E-state index in [-0.39, 0.29) is 6.03 Å². The molecule has 3 fully saturated rings. The zero-order valence-corrected chi connectivity index (χ0v) is 13.6. The maximum Gasteiger partial charge on any atom is 0.317 e. The van der Waals surface area contributed by atoms with Crippen LogP contribution in [0.3, 0.4) is 0 Å². The number of carbonyl (C=O) groups is 2. The topological polar surface area (TPSA) is 55.9 Å². The van der Waals surface area contributed by atoms with E-state index in [0.29, 0.717) is 24.3 Å². The van der Waals surface area contributed by atoms with Gasteiger partial charge in [-0.25, -0.2) is 4.79 Å². The number of carbonyl (C=O) groups excluding carboxylic acids is 2. The van der Waals surface area contributed by atoms with E-state index in [1.807, 2.05) is 9.80 Å². The van der Waals surface area contributed by atoms with Crippen molar-refractivity contribution >= 4 is 11.9 Å². The molecule has 3 rings (SSSR count). The maximum atomic E-state index is 12.4. The van der Waals surface area contributed by atoms with Crippen molar-refractivity contribution in [2.45, 2.75) is 38.1 Å². The number of likely N-dealkylation sites (N-methyl/N-ethyl adjacent to an activating group) is 1. The van der Waals surface area contributed by atoms with E-state index in [4.69, 9.17) is 0 Å². The van der Waals surface area contributed by atoms with E-state index >= 15 is 0 Å². The molecule has 1 saturated carbocycles. The van der Waals surface area contributed by atoms with Crippen molar-refractivity contribution in [1.82, 2.24) is 20.0 Å². The van der Waals surface area contributed by atoms with Crippen molar-refractivity contribution < 1.29 is 9.59 Å². The molecule has 0 bridgehead atoms. The Morgan fingerprint density at radius 3 is 2.14 bits per heavy atom. The maximum absolute atomic E-state index is 12.4. The van der Waals surface area contributed by atoms with Gasteiger partial charge in [-0.05, 0) is 38.6 Å². The number of piperazine rings is 1. The zero-order chi connectivity index (χ0) is 15.5. The molecular formula is C16H28N4O2. The summed E-state index contributed by atoms with van der Waals surface area (Å²) >= 11 is 0. The summed E-state index contributed by atoms with van der Waals surface area (Å²) < 4.78 is 0. The van der Waals surface area contributed by atoms with E-state index in [1.165, 1.54) is 0 Å².